The molecule has 0 aromatic heterocycles. The van der Waals surface area contributed by atoms with Gasteiger partial charge in [0.25, 0.3) is 0 Å². The van der Waals surface area contributed by atoms with E-state index < -0.39 is 11.7 Å². The molecule has 0 saturated carbocycles. The lowest BCUT2D eigenvalue weighted by atomic mass is 10.2. The molecule has 2 aromatic carbocycles. The first kappa shape index (κ1) is 20.8. The molecule has 1 aliphatic heterocycles. The highest BCUT2D eigenvalue weighted by molar-refractivity contribution is 8.00. The van der Waals surface area contributed by atoms with Crippen molar-refractivity contribution in [1.82, 2.24) is 0 Å². The Morgan fingerprint density at radius 1 is 1.18 bits per heavy atom. The number of carbonyl (C=O) groups is 1. The van der Waals surface area contributed by atoms with Gasteiger partial charge in [-0.1, -0.05) is 23.7 Å². The average Bonchev–Trinajstić information content (AvgIpc) is 2.67. The molecule has 28 heavy (non-hydrogen) atoms. The Morgan fingerprint density at radius 2 is 1.89 bits per heavy atom. The van der Waals surface area contributed by atoms with E-state index >= 15 is 0 Å². The lowest BCUT2D eigenvalue weighted by molar-refractivity contribution is -0.137. The largest absolute Gasteiger partial charge is 0.417 e. The van der Waals surface area contributed by atoms with Gasteiger partial charge in [-0.2, -0.15) is 13.2 Å². The molecule has 0 aliphatic carbocycles. The minimum Gasteiger partial charge on any atom is -0.378 e. The Morgan fingerprint density at radius 3 is 2.61 bits per heavy atom. The summed E-state index contributed by atoms with van der Waals surface area (Å²) in [7, 11) is 0. The number of amides is 1. The van der Waals surface area contributed by atoms with Crippen LogP contribution in [-0.2, 0) is 15.7 Å². The monoisotopic (exact) mass is 430 g/mol. The van der Waals surface area contributed by atoms with Crippen molar-refractivity contribution < 1.29 is 22.7 Å². The molecule has 0 atom stereocenters. The number of alkyl halides is 3. The SMILES string of the molecule is O=C(CSc1ccc(Cl)c(C(F)(F)F)c1)Nc1ccccc1N1CCOCC1. The van der Waals surface area contributed by atoms with Crippen LogP contribution in [0, 0.1) is 0 Å². The summed E-state index contributed by atoms with van der Waals surface area (Å²) < 4.78 is 44.2. The van der Waals surface area contributed by atoms with Crippen molar-refractivity contribution in [1.29, 1.82) is 0 Å². The lowest BCUT2D eigenvalue weighted by Gasteiger charge is -2.30. The first-order valence-corrected chi connectivity index (χ1v) is 9.92. The Balaban J connectivity index is 1.64. The topological polar surface area (TPSA) is 41.6 Å². The van der Waals surface area contributed by atoms with Gasteiger partial charge in [0.1, 0.15) is 0 Å². The minimum atomic E-state index is -4.53. The molecule has 0 radical (unpaired) electrons. The minimum absolute atomic E-state index is 0.0175. The first-order chi connectivity index (χ1) is 13.3. The summed E-state index contributed by atoms with van der Waals surface area (Å²) in [6, 6.07) is 11.1. The molecule has 0 unspecified atom stereocenters. The molecule has 0 spiro atoms. The summed E-state index contributed by atoms with van der Waals surface area (Å²) in [6.07, 6.45) is -4.53. The predicted octanol–water partition coefficient (Wildman–Crippen LogP) is 4.93. The number of para-hydroxylation sites is 2. The van der Waals surface area contributed by atoms with E-state index in [1.54, 1.807) is 6.07 Å². The third-order valence-electron chi connectivity index (χ3n) is 4.14. The quantitative estimate of drug-likeness (QED) is 0.683. The Labute approximate surface area is 170 Å². The van der Waals surface area contributed by atoms with E-state index in [4.69, 9.17) is 16.3 Å². The van der Waals surface area contributed by atoms with Gasteiger partial charge in [-0.05, 0) is 30.3 Å². The molecule has 1 N–H and O–H groups in total. The standard InChI is InChI=1S/C19H18ClF3N2O2S/c20-15-6-5-13(11-14(15)19(21,22)23)28-12-18(26)24-16-3-1-2-4-17(16)25-7-9-27-10-8-25/h1-6,11H,7-10,12H2,(H,24,26). The maximum Gasteiger partial charge on any atom is 0.417 e. The average molecular weight is 431 g/mol. The molecule has 9 heteroatoms. The highest BCUT2D eigenvalue weighted by Gasteiger charge is 2.33. The first-order valence-electron chi connectivity index (χ1n) is 8.56. The van der Waals surface area contributed by atoms with Gasteiger partial charge in [0.05, 0.1) is 40.9 Å². The van der Waals surface area contributed by atoms with E-state index in [0.29, 0.717) is 23.8 Å². The second kappa shape index (κ2) is 9.07. The van der Waals surface area contributed by atoms with E-state index in [1.807, 2.05) is 18.2 Å². The molecular formula is C19H18ClF3N2O2S. The summed E-state index contributed by atoms with van der Waals surface area (Å²) in [5, 5.41) is 2.48. The number of ether oxygens (including phenoxy) is 1. The van der Waals surface area contributed by atoms with Crippen LogP contribution >= 0.6 is 23.4 Å². The van der Waals surface area contributed by atoms with Crippen LogP contribution in [0.4, 0.5) is 24.5 Å². The van der Waals surface area contributed by atoms with Crippen LogP contribution in [0.2, 0.25) is 5.02 Å². The molecule has 1 saturated heterocycles. The molecule has 0 bridgehead atoms. The van der Waals surface area contributed by atoms with Crippen molar-refractivity contribution in [3.63, 3.8) is 0 Å². The summed E-state index contributed by atoms with van der Waals surface area (Å²) in [5.74, 6) is -0.315. The van der Waals surface area contributed by atoms with Gasteiger partial charge in [-0.15, -0.1) is 11.8 Å². The number of hydrogen-bond acceptors (Lipinski definition) is 4. The van der Waals surface area contributed by atoms with E-state index in [0.717, 1.165) is 36.6 Å². The second-order valence-electron chi connectivity index (χ2n) is 6.09. The third kappa shape index (κ3) is 5.33. The molecule has 150 valence electrons. The molecule has 1 heterocycles. The van der Waals surface area contributed by atoms with E-state index in [-0.39, 0.29) is 16.7 Å². The molecule has 4 nitrogen and oxygen atoms in total. The number of rotatable bonds is 5. The summed E-state index contributed by atoms with van der Waals surface area (Å²) in [4.78, 5) is 14.8. The molecular weight excluding hydrogens is 413 g/mol. The normalized spacial score (nSPS) is 14.8. The van der Waals surface area contributed by atoms with E-state index in [9.17, 15) is 18.0 Å². The number of nitrogens with zero attached hydrogens (tertiary/aromatic N) is 1. The summed E-state index contributed by atoms with van der Waals surface area (Å²) in [5.41, 5.74) is 0.661. The van der Waals surface area contributed by atoms with Gasteiger partial charge in [-0.3, -0.25) is 4.79 Å². The van der Waals surface area contributed by atoms with Crippen molar-refractivity contribution >= 4 is 40.6 Å². The zero-order chi connectivity index (χ0) is 20.1. The zero-order valence-electron chi connectivity index (χ0n) is 14.8. The van der Waals surface area contributed by atoms with Crippen LogP contribution in [0.15, 0.2) is 47.4 Å². The van der Waals surface area contributed by atoms with Crippen molar-refractivity contribution in [2.75, 3.05) is 42.3 Å². The Kier molecular flexibility index (Phi) is 6.74. The highest BCUT2D eigenvalue weighted by atomic mass is 35.5. The maximum absolute atomic E-state index is 12.9. The Hall–Kier alpha value is -1.90. The van der Waals surface area contributed by atoms with E-state index in [2.05, 4.69) is 10.2 Å². The number of benzene rings is 2. The van der Waals surface area contributed by atoms with Gasteiger partial charge in [0, 0.05) is 18.0 Å². The van der Waals surface area contributed by atoms with Crippen LogP contribution < -0.4 is 10.2 Å². The zero-order valence-corrected chi connectivity index (χ0v) is 16.3. The fourth-order valence-electron chi connectivity index (χ4n) is 2.81. The molecule has 2 aromatic rings. The number of morpholine rings is 1. The third-order valence-corrected chi connectivity index (χ3v) is 5.47. The van der Waals surface area contributed by atoms with Crippen molar-refractivity contribution in [3.8, 4) is 0 Å². The van der Waals surface area contributed by atoms with Crippen LogP contribution in [-0.4, -0.2) is 38.0 Å². The van der Waals surface area contributed by atoms with Crippen LogP contribution in [0.3, 0.4) is 0 Å². The van der Waals surface area contributed by atoms with Crippen molar-refractivity contribution in [3.05, 3.63) is 53.1 Å². The van der Waals surface area contributed by atoms with Gasteiger partial charge >= 0.3 is 6.18 Å². The van der Waals surface area contributed by atoms with Crippen molar-refractivity contribution in [2.45, 2.75) is 11.1 Å². The highest BCUT2D eigenvalue weighted by Crippen LogP contribution is 2.37. The van der Waals surface area contributed by atoms with Crippen LogP contribution in [0.5, 0.6) is 0 Å². The molecule has 1 amide bonds. The van der Waals surface area contributed by atoms with Crippen LogP contribution in [0.25, 0.3) is 0 Å². The molecule has 1 aliphatic rings. The Bertz CT molecular complexity index is 842. The van der Waals surface area contributed by atoms with Gasteiger partial charge < -0.3 is 15.0 Å². The number of thioether (sulfide) groups is 1. The number of hydrogen-bond donors (Lipinski definition) is 1. The number of nitrogens with one attached hydrogen (secondary N) is 1. The smallest absolute Gasteiger partial charge is 0.378 e. The number of halogens is 4. The number of carbonyl (C=O) groups excluding carboxylic acids is 1. The molecule has 3 rings (SSSR count). The molecule has 1 fully saturated rings. The fourth-order valence-corrected chi connectivity index (χ4v) is 3.77. The van der Waals surface area contributed by atoms with Gasteiger partial charge in [0.15, 0.2) is 0 Å². The lowest BCUT2D eigenvalue weighted by Crippen LogP contribution is -2.36. The van der Waals surface area contributed by atoms with E-state index in [1.165, 1.54) is 12.1 Å². The summed E-state index contributed by atoms with van der Waals surface area (Å²) >= 11 is 6.64. The summed E-state index contributed by atoms with van der Waals surface area (Å²) in [6.45, 7) is 2.70. The van der Waals surface area contributed by atoms with Gasteiger partial charge in [0.2, 0.25) is 5.91 Å². The fraction of sp³-hybridized carbons (Fsp3) is 0.316. The van der Waals surface area contributed by atoms with Gasteiger partial charge in [-0.25, -0.2) is 0 Å². The van der Waals surface area contributed by atoms with Crippen LogP contribution in [0.1, 0.15) is 5.56 Å². The van der Waals surface area contributed by atoms with Crippen molar-refractivity contribution in [2.24, 2.45) is 0 Å². The second-order valence-corrected chi connectivity index (χ2v) is 7.55. The number of anilines is 2. The maximum atomic E-state index is 12.9. The predicted molar refractivity (Wildman–Crippen MR) is 105 cm³/mol.